The maximum Gasteiger partial charge on any atom is 0.227 e. The molecule has 0 aliphatic carbocycles. The molecule has 0 atom stereocenters. The number of rotatable bonds is 5. The predicted molar refractivity (Wildman–Crippen MR) is 97.6 cm³/mol. The fourth-order valence-electron chi connectivity index (χ4n) is 2.49. The van der Waals surface area contributed by atoms with Crippen molar-refractivity contribution in [3.05, 3.63) is 64.5 Å². The van der Waals surface area contributed by atoms with E-state index in [2.05, 4.69) is 15.5 Å². The molecule has 0 aliphatic heterocycles. The molecule has 2 aromatic carbocycles. The first-order valence-electron chi connectivity index (χ1n) is 7.97. The van der Waals surface area contributed by atoms with E-state index in [1.54, 1.807) is 12.1 Å². The third-order valence-electron chi connectivity index (χ3n) is 3.88. The average Bonchev–Trinajstić information content (AvgIpc) is 3.05. The summed E-state index contributed by atoms with van der Waals surface area (Å²) in [7, 11) is 0. The molecular weight excluding hydrogens is 338 g/mol. The summed E-state index contributed by atoms with van der Waals surface area (Å²) in [5.74, 6) is 0.879. The number of halogens is 1. The van der Waals surface area contributed by atoms with Crippen molar-refractivity contribution in [2.24, 2.45) is 0 Å². The smallest absolute Gasteiger partial charge is 0.227 e. The molecular formula is C19H18ClN3O2. The van der Waals surface area contributed by atoms with Gasteiger partial charge < -0.3 is 9.84 Å². The molecule has 1 heterocycles. The highest BCUT2D eigenvalue weighted by Gasteiger charge is 2.12. The number of anilines is 1. The number of amides is 1. The molecule has 0 aliphatic rings. The number of carbonyl (C=O) groups excluding carboxylic acids is 1. The second-order valence-corrected chi connectivity index (χ2v) is 6.27. The van der Waals surface area contributed by atoms with E-state index >= 15 is 0 Å². The number of benzene rings is 2. The molecule has 6 heteroatoms. The zero-order valence-electron chi connectivity index (χ0n) is 14.0. The van der Waals surface area contributed by atoms with Crippen molar-refractivity contribution in [2.75, 3.05) is 5.32 Å². The van der Waals surface area contributed by atoms with Gasteiger partial charge >= 0.3 is 0 Å². The van der Waals surface area contributed by atoms with Gasteiger partial charge in [-0.3, -0.25) is 4.79 Å². The molecule has 0 bridgehead atoms. The van der Waals surface area contributed by atoms with E-state index in [-0.39, 0.29) is 12.3 Å². The Hall–Kier alpha value is -2.66. The minimum atomic E-state index is -0.110. The Bertz CT molecular complexity index is 905. The highest BCUT2D eigenvalue weighted by atomic mass is 35.5. The van der Waals surface area contributed by atoms with Crippen molar-refractivity contribution in [3.63, 3.8) is 0 Å². The molecule has 0 saturated heterocycles. The lowest BCUT2D eigenvalue weighted by molar-refractivity contribution is -0.116. The maximum absolute atomic E-state index is 12.1. The summed E-state index contributed by atoms with van der Waals surface area (Å²) in [5.41, 5.74) is 3.67. The number of hydrogen-bond donors (Lipinski definition) is 1. The number of carbonyl (C=O) groups is 1. The van der Waals surface area contributed by atoms with Gasteiger partial charge in [0.1, 0.15) is 0 Å². The van der Waals surface area contributed by atoms with Crippen LogP contribution in [-0.2, 0) is 11.2 Å². The first-order chi connectivity index (χ1) is 12.0. The Morgan fingerprint density at radius 1 is 1.16 bits per heavy atom. The summed E-state index contributed by atoms with van der Waals surface area (Å²) in [6.45, 7) is 3.89. The predicted octanol–water partition coefficient (Wildman–Crippen LogP) is 4.58. The van der Waals surface area contributed by atoms with Gasteiger partial charge in [0.25, 0.3) is 0 Å². The number of nitrogens with one attached hydrogen (secondary N) is 1. The fraction of sp³-hybridized carbons (Fsp3) is 0.211. The lowest BCUT2D eigenvalue weighted by Gasteiger charge is -2.07. The van der Waals surface area contributed by atoms with Crippen molar-refractivity contribution in [1.29, 1.82) is 0 Å². The van der Waals surface area contributed by atoms with Crippen molar-refractivity contribution < 1.29 is 9.32 Å². The first kappa shape index (κ1) is 17.2. The highest BCUT2D eigenvalue weighted by molar-refractivity contribution is 6.30. The minimum Gasteiger partial charge on any atom is -0.339 e. The summed E-state index contributed by atoms with van der Waals surface area (Å²) >= 11 is 5.92. The molecule has 0 spiro atoms. The van der Waals surface area contributed by atoms with E-state index in [4.69, 9.17) is 16.1 Å². The molecule has 5 nitrogen and oxygen atoms in total. The summed E-state index contributed by atoms with van der Waals surface area (Å²) in [6, 6.07) is 13.2. The fourth-order valence-corrected chi connectivity index (χ4v) is 2.72. The van der Waals surface area contributed by atoms with Crippen LogP contribution in [0.2, 0.25) is 5.02 Å². The van der Waals surface area contributed by atoms with Crippen molar-refractivity contribution >= 4 is 23.2 Å². The zero-order chi connectivity index (χ0) is 17.8. The van der Waals surface area contributed by atoms with E-state index in [0.717, 1.165) is 22.4 Å². The van der Waals surface area contributed by atoms with Gasteiger partial charge in [0.05, 0.1) is 0 Å². The van der Waals surface area contributed by atoms with E-state index in [1.165, 1.54) is 0 Å². The van der Waals surface area contributed by atoms with Gasteiger partial charge in [-0.05, 0) is 43.2 Å². The van der Waals surface area contributed by atoms with Crippen LogP contribution in [0.15, 0.2) is 47.0 Å². The molecule has 0 fully saturated rings. The molecule has 1 amide bonds. The van der Waals surface area contributed by atoms with Crippen molar-refractivity contribution in [3.8, 4) is 11.4 Å². The SMILES string of the molecule is Cc1cc(Cl)ccc1NC(=O)CCc1nc(-c2ccccc2C)no1. The summed E-state index contributed by atoms with van der Waals surface area (Å²) in [5, 5.41) is 7.51. The van der Waals surface area contributed by atoms with Crippen LogP contribution in [0.1, 0.15) is 23.4 Å². The van der Waals surface area contributed by atoms with Gasteiger partial charge in [0, 0.05) is 29.1 Å². The lowest BCUT2D eigenvalue weighted by Crippen LogP contribution is -2.13. The molecule has 3 rings (SSSR count). The summed E-state index contributed by atoms with van der Waals surface area (Å²) in [6.07, 6.45) is 0.648. The lowest BCUT2D eigenvalue weighted by atomic mass is 10.1. The quantitative estimate of drug-likeness (QED) is 0.727. The number of aryl methyl sites for hydroxylation is 3. The van der Waals surface area contributed by atoms with Crippen LogP contribution in [0.5, 0.6) is 0 Å². The molecule has 0 radical (unpaired) electrons. The molecule has 3 aromatic rings. The minimum absolute atomic E-state index is 0.110. The summed E-state index contributed by atoms with van der Waals surface area (Å²) in [4.78, 5) is 16.5. The average molecular weight is 356 g/mol. The van der Waals surface area contributed by atoms with Crippen LogP contribution in [0.25, 0.3) is 11.4 Å². The van der Waals surface area contributed by atoms with Gasteiger partial charge in [-0.2, -0.15) is 4.98 Å². The first-order valence-corrected chi connectivity index (χ1v) is 8.35. The Kier molecular flexibility index (Phi) is 5.14. The van der Waals surface area contributed by atoms with E-state index in [9.17, 15) is 4.79 Å². The van der Waals surface area contributed by atoms with Gasteiger partial charge in [0.2, 0.25) is 17.6 Å². The van der Waals surface area contributed by atoms with Gasteiger partial charge in [-0.15, -0.1) is 0 Å². The van der Waals surface area contributed by atoms with Crippen LogP contribution >= 0.6 is 11.6 Å². The number of nitrogens with zero attached hydrogens (tertiary/aromatic N) is 2. The monoisotopic (exact) mass is 355 g/mol. The Morgan fingerprint density at radius 3 is 2.72 bits per heavy atom. The third-order valence-corrected chi connectivity index (χ3v) is 4.12. The molecule has 128 valence electrons. The van der Waals surface area contributed by atoms with Gasteiger partial charge in [-0.25, -0.2) is 0 Å². The maximum atomic E-state index is 12.1. The molecule has 1 aromatic heterocycles. The topological polar surface area (TPSA) is 68.0 Å². The molecule has 25 heavy (non-hydrogen) atoms. The Morgan fingerprint density at radius 2 is 1.96 bits per heavy atom. The van der Waals surface area contributed by atoms with Crippen molar-refractivity contribution in [1.82, 2.24) is 10.1 Å². The normalized spacial score (nSPS) is 10.7. The van der Waals surface area contributed by atoms with Crippen LogP contribution in [0, 0.1) is 13.8 Å². The Balaban J connectivity index is 1.60. The number of hydrogen-bond acceptors (Lipinski definition) is 4. The zero-order valence-corrected chi connectivity index (χ0v) is 14.8. The summed E-state index contributed by atoms with van der Waals surface area (Å²) < 4.78 is 5.26. The van der Waals surface area contributed by atoms with Crippen molar-refractivity contribution in [2.45, 2.75) is 26.7 Å². The van der Waals surface area contributed by atoms with Crippen LogP contribution in [0.3, 0.4) is 0 Å². The molecule has 0 unspecified atom stereocenters. The molecule has 1 N–H and O–H groups in total. The number of aromatic nitrogens is 2. The van der Waals surface area contributed by atoms with E-state index in [1.807, 2.05) is 44.2 Å². The van der Waals surface area contributed by atoms with E-state index in [0.29, 0.717) is 23.2 Å². The standard InChI is InChI=1S/C19H18ClN3O2/c1-12-5-3-4-6-15(12)19-22-18(25-23-19)10-9-17(24)21-16-8-7-14(20)11-13(16)2/h3-8,11H,9-10H2,1-2H3,(H,21,24). The Labute approximate surface area is 151 Å². The highest BCUT2D eigenvalue weighted by Crippen LogP contribution is 2.21. The van der Waals surface area contributed by atoms with E-state index < -0.39 is 0 Å². The second kappa shape index (κ2) is 7.49. The second-order valence-electron chi connectivity index (χ2n) is 5.83. The molecule has 0 saturated carbocycles. The third kappa shape index (κ3) is 4.25. The van der Waals surface area contributed by atoms with Crippen LogP contribution < -0.4 is 5.32 Å². The van der Waals surface area contributed by atoms with Crippen LogP contribution in [0.4, 0.5) is 5.69 Å². The van der Waals surface area contributed by atoms with Gasteiger partial charge in [-0.1, -0.05) is 41.0 Å². The van der Waals surface area contributed by atoms with Crippen LogP contribution in [-0.4, -0.2) is 16.0 Å². The largest absolute Gasteiger partial charge is 0.339 e. The van der Waals surface area contributed by atoms with Gasteiger partial charge in [0.15, 0.2) is 0 Å².